The summed E-state index contributed by atoms with van der Waals surface area (Å²) in [6, 6.07) is 8.97. The minimum Gasteiger partial charge on any atom is -0.389 e. The molecule has 20 heavy (non-hydrogen) atoms. The Balaban J connectivity index is 1.93. The van der Waals surface area contributed by atoms with E-state index >= 15 is 0 Å². The van der Waals surface area contributed by atoms with Crippen LogP contribution in [0.1, 0.15) is 30.9 Å². The van der Waals surface area contributed by atoms with Crippen molar-refractivity contribution in [1.82, 2.24) is 9.80 Å². The molecule has 2 N–H and O–H groups in total. The first-order chi connectivity index (χ1) is 9.60. The number of rotatable bonds is 5. The van der Waals surface area contributed by atoms with E-state index in [1.165, 1.54) is 38.0 Å². The lowest BCUT2D eigenvalue weighted by molar-refractivity contribution is 0.127. The molecule has 1 saturated heterocycles. The Morgan fingerprint density at radius 1 is 1.40 bits per heavy atom. The average Bonchev–Trinajstić information content (AvgIpc) is 2.47. The monoisotopic (exact) mass is 291 g/mol. The number of benzene rings is 1. The van der Waals surface area contributed by atoms with Crippen molar-refractivity contribution in [3.63, 3.8) is 0 Å². The van der Waals surface area contributed by atoms with E-state index in [1.54, 1.807) is 0 Å². The quantitative estimate of drug-likeness (QED) is 0.843. The third kappa shape index (κ3) is 4.01. The van der Waals surface area contributed by atoms with Crippen LogP contribution in [-0.2, 0) is 6.54 Å². The topological polar surface area (TPSA) is 32.5 Å². The fourth-order valence-corrected chi connectivity index (χ4v) is 3.04. The minimum absolute atomic E-state index is 0.478. The van der Waals surface area contributed by atoms with Crippen LogP contribution < -0.4 is 5.73 Å². The van der Waals surface area contributed by atoms with E-state index in [1.807, 2.05) is 12.1 Å². The summed E-state index contributed by atoms with van der Waals surface area (Å²) in [6.07, 6.45) is 2.53. The highest BCUT2D eigenvalue weighted by Crippen LogP contribution is 2.17. The smallest absolute Gasteiger partial charge is 0.103 e. The maximum Gasteiger partial charge on any atom is 0.103 e. The van der Waals surface area contributed by atoms with E-state index in [-0.39, 0.29) is 0 Å². The van der Waals surface area contributed by atoms with Crippen molar-refractivity contribution < 1.29 is 0 Å². The standard InChI is InChI=1S/C16H25N3S/c1-3-19-9-7-15(8-10-19)18(2)12-13-5-4-6-14(11-13)16(17)20/h4-6,11,15H,3,7-10,12H2,1-2H3,(H2,17,20). The van der Waals surface area contributed by atoms with Crippen molar-refractivity contribution in [3.8, 4) is 0 Å². The van der Waals surface area contributed by atoms with Gasteiger partial charge in [0.15, 0.2) is 0 Å². The highest BCUT2D eigenvalue weighted by molar-refractivity contribution is 7.80. The molecule has 1 aromatic carbocycles. The third-order valence-corrected chi connectivity index (χ3v) is 4.51. The number of hydrogen-bond donors (Lipinski definition) is 1. The lowest BCUT2D eigenvalue weighted by atomic mass is 10.0. The van der Waals surface area contributed by atoms with E-state index in [0.29, 0.717) is 11.0 Å². The fourth-order valence-electron chi connectivity index (χ4n) is 2.92. The Kier molecular flexibility index (Phi) is 5.52. The molecule has 0 saturated carbocycles. The molecule has 1 aliphatic rings. The number of hydrogen-bond acceptors (Lipinski definition) is 3. The zero-order chi connectivity index (χ0) is 14.5. The van der Waals surface area contributed by atoms with Gasteiger partial charge < -0.3 is 10.6 Å². The first kappa shape index (κ1) is 15.4. The molecule has 0 amide bonds. The van der Waals surface area contributed by atoms with Crippen LogP contribution in [0.3, 0.4) is 0 Å². The van der Waals surface area contributed by atoms with Gasteiger partial charge in [0.2, 0.25) is 0 Å². The molecule has 0 spiro atoms. The van der Waals surface area contributed by atoms with Crippen molar-refractivity contribution in [3.05, 3.63) is 35.4 Å². The van der Waals surface area contributed by atoms with Gasteiger partial charge in [-0.05, 0) is 51.2 Å². The Morgan fingerprint density at radius 2 is 2.10 bits per heavy atom. The van der Waals surface area contributed by atoms with Gasteiger partial charge in [0.25, 0.3) is 0 Å². The second kappa shape index (κ2) is 7.16. The van der Waals surface area contributed by atoms with Gasteiger partial charge in [-0.3, -0.25) is 4.90 Å². The van der Waals surface area contributed by atoms with Gasteiger partial charge in [0, 0.05) is 18.2 Å². The van der Waals surface area contributed by atoms with Gasteiger partial charge in [-0.25, -0.2) is 0 Å². The van der Waals surface area contributed by atoms with Crippen molar-refractivity contribution in [1.29, 1.82) is 0 Å². The zero-order valence-corrected chi connectivity index (χ0v) is 13.3. The number of nitrogens with two attached hydrogens (primary N) is 1. The maximum absolute atomic E-state index is 5.70. The molecule has 1 heterocycles. The summed E-state index contributed by atoms with van der Waals surface area (Å²) in [5, 5.41) is 0. The molecule has 0 radical (unpaired) electrons. The SMILES string of the molecule is CCN1CCC(N(C)Cc2cccc(C(N)=S)c2)CC1. The number of thiocarbonyl (C=S) groups is 1. The molecular weight excluding hydrogens is 266 g/mol. The molecule has 0 unspecified atom stereocenters. The molecule has 110 valence electrons. The first-order valence-electron chi connectivity index (χ1n) is 7.41. The van der Waals surface area contributed by atoms with Crippen LogP contribution in [0.15, 0.2) is 24.3 Å². The van der Waals surface area contributed by atoms with Crippen molar-refractivity contribution in [2.45, 2.75) is 32.4 Å². The summed E-state index contributed by atoms with van der Waals surface area (Å²) >= 11 is 5.05. The summed E-state index contributed by atoms with van der Waals surface area (Å²) in [6.45, 7) is 6.82. The summed E-state index contributed by atoms with van der Waals surface area (Å²) in [5.41, 5.74) is 7.95. The number of likely N-dealkylation sites (tertiary alicyclic amines) is 1. The lowest BCUT2D eigenvalue weighted by Gasteiger charge is -2.36. The van der Waals surface area contributed by atoms with Crippen LogP contribution in [0.4, 0.5) is 0 Å². The third-order valence-electron chi connectivity index (χ3n) is 4.27. The predicted octanol–water partition coefficient (Wildman–Crippen LogP) is 2.24. The summed E-state index contributed by atoms with van der Waals surface area (Å²) in [5.74, 6) is 0. The van der Waals surface area contributed by atoms with Crippen LogP contribution in [0, 0.1) is 0 Å². The average molecular weight is 291 g/mol. The highest BCUT2D eigenvalue weighted by Gasteiger charge is 2.21. The van der Waals surface area contributed by atoms with Crippen LogP contribution >= 0.6 is 12.2 Å². The largest absolute Gasteiger partial charge is 0.389 e. The van der Waals surface area contributed by atoms with Gasteiger partial charge in [-0.2, -0.15) is 0 Å². The van der Waals surface area contributed by atoms with Gasteiger partial charge >= 0.3 is 0 Å². The van der Waals surface area contributed by atoms with E-state index in [4.69, 9.17) is 18.0 Å². The molecule has 0 aromatic heterocycles. The number of piperidine rings is 1. The van der Waals surface area contributed by atoms with Crippen LogP contribution in [0.25, 0.3) is 0 Å². The second-order valence-corrected chi connectivity index (χ2v) is 6.09. The van der Waals surface area contributed by atoms with E-state index < -0.39 is 0 Å². The molecule has 1 aromatic rings. The summed E-state index contributed by atoms with van der Waals surface area (Å²) in [7, 11) is 2.22. The van der Waals surface area contributed by atoms with Crippen molar-refractivity contribution >= 4 is 17.2 Å². The highest BCUT2D eigenvalue weighted by atomic mass is 32.1. The molecule has 4 heteroatoms. The number of nitrogens with zero attached hydrogens (tertiary/aromatic N) is 2. The van der Waals surface area contributed by atoms with Gasteiger partial charge in [-0.1, -0.05) is 37.3 Å². The molecule has 0 bridgehead atoms. The summed E-state index contributed by atoms with van der Waals surface area (Å²) in [4.78, 5) is 5.47. The van der Waals surface area contributed by atoms with E-state index in [9.17, 15) is 0 Å². The van der Waals surface area contributed by atoms with Crippen LogP contribution in [0.5, 0.6) is 0 Å². The second-order valence-electron chi connectivity index (χ2n) is 5.65. The van der Waals surface area contributed by atoms with Crippen LogP contribution in [-0.4, -0.2) is 47.5 Å². The Labute approximate surface area is 127 Å². The van der Waals surface area contributed by atoms with Crippen molar-refractivity contribution in [2.24, 2.45) is 5.73 Å². The Hall–Kier alpha value is -0.970. The lowest BCUT2D eigenvalue weighted by Crippen LogP contribution is -2.42. The van der Waals surface area contributed by atoms with E-state index in [2.05, 4.69) is 35.9 Å². The molecule has 0 aliphatic carbocycles. The normalized spacial score (nSPS) is 17.6. The molecule has 1 aliphatic heterocycles. The first-order valence-corrected chi connectivity index (χ1v) is 7.82. The predicted molar refractivity (Wildman–Crippen MR) is 88.9 cm³/mol. The fraction of sp³-hybridized carbons (Fsp3) is 0.562. The molecule has 1 fully saturated rings. The van der Waals surface area contributed by atoms with E-state index in [0.717, 1.165) is 12.1 Å². The van der Waals surface area contributed by atoms with Gasteiger partial charge in [0.05, 0.1) is 0 Å². The van der Waals surface area contributed by atoms with Gasteiger partial charge in [0.1, 0.15) is 4.99 Å². The molecule has 2 rings (SSSR count). The molecular formula is C16H25N3S. The Bertz CT molecular complexity index is 453. The van der Waals surface area contributed by atoms with Gasteiger partial charge in [-0.15, -0.1) is 0 Å². The zero-order valence-electron chi connectivity index (χ0n) is 12.5. The Morgan fingerprint density at radius 3 is 2.70 bits per heavy atom. The molecule has 3 nitrogen and oxygen atoms in total. The summed E-state index contributed by atoms with van der Waals surface area (Å²) < 4.78 is 0. The van der Waals surface area contributed by atoms with Crippen molar-refractivity contribution in [2.75, 3.05) is 26.7 Å². The molecule has 0 atom stereocenters. The van der Waals surface area contributed by atoms with Crippen LogP contribution in [0.2, 0.25) is 0 Å². The maximum atomic E-state index is 5.70. The minimum atomic E-state index is 0.478.